The number of nitrogens with zero attached hydrogens (tertiary/aromatic N) is 1. The number of sulfonamides is 1. The highest BCUT2D eigenvalue weighted by Crippen LogP contribution is 2.32. The first-order valence-electron chi connectivity index (χ1n) is 12.6. The molecule has 1 atom stereocenters. The molecule has 0 heterocycles. The third kappa shape index (κ3) is 7.20. The molecule has 0 radical (unpaired) electrons. The van der Waals surface area contributed by atoms with Crippen LogP contribution in [0.2, 0.25) is 5.02 Å². The molecule has 1 unspecified atom stereocenters. The molecule has 1 saturated carbocycles. The zero-order valence-electron chi connectivity index (χ0n) is 20.8. The zero-order valence-corrected chi connectivity index (χ0v) is 23.2. The number of hydrogen-bond donors (Lipinski definition) is 0. The van der Waals surface area contributed by atoms with Crippen molar-refractivity contribution in [2.24, 2.45) is 0 Å². The lowest BCUT2D eigenvalue weighted by Gasteiger charge is -2.26. The summed E-state index contributed by atoms with van der Waals surface area (Å²) >= 11 is 5.03. The summed E-state index contributed by atoms with van der Waals surface area (Å²) in [6.07, 6.45) is 6.06. The van der Waals surface area contributed by atoms with Crippen LogP contribution in [0.4, 0.5) is 14.5 Å². The van der Waals surface area contributed by atoms with Crippen molar-refractivity contribution in [3.8, 4) is 5.75 Å². The zero-order chi connectivity index (χ0) is 27.1. The van der Waals surface area contributed by atoms with E-state index in [-0.39, 0.29) is 16.7 Å². The Morgan fingerprint density at radius 3 is 2.45 bits per heavy atom. The molecular weight excluding hydrogens is 552 g/mol. The van der Waals surface area contributed by atoms with E-state index in [1.165, 1.54) is 30.7 Å². The van der Waals surface area contributed by atoms with Crippen LogP contribution < -0.4 is 9.04 Å². The maximum Gasteiger partial charge on any atom is 0.264 e. The Morgan fingerprint density at radius 2 is 1.71 bits per heavy atom. The van der Waals surface area contributed by atoms with Gasteiger partial charge in [-0.05, 0) is 68.1 Å². The Balaban J connectivity index is 1.54. The molecule has 10 heteroatoms. The lowest BCUT2D eigenvalue weighted by Crippen LogP contribution is -2.31. The molecule has 3 aromatic rings. The molecule has 0 aliphatic heterocycles. The maximum absolute atomic E-state index is 14.9. The number of rotatable bonds is 11. The molecule has 204 valence electrons. The van der Waals surface area contributed by atoms with E-state index in [1.54, 1.807) is 24.3 Å². The van der Waals surface area contributed by atoms with Crippen molar-refractivity contribution in [1.29, 1.82) is 0 Å². The van der Waals surface area contributed by atoms with Crippen LogP contribution in [-0.2, 0) is 27.7 Å². The van der Waals surface area contributed by atoms with E-state index >= 15 is 0 Å². The Bertz CT molecular complexity index is 1320. The summed E-state index contributed by atoms with van der Waals surface area (Å²) in [5.74, 6) is -0.692. The molecule has 1 aliphatic rings. The minimum Gasteiger partial charge on any atom is -0.616 e. The average Bonchev–Trinajstić information content (AvgIpc) is 2.92. The fourth-order valence-corrected chi connectivity index (χ4v) is 7.68. The van der Waals surface area contributed by atoms with Gasteiger partial charge >= 0.3 is 0 Å². The summed E-state index contributed by atoms with van der Waals surface area (Å²) in [6, 6.07) is 15.0. The van der Waals surface area contributed by atoms with Crippen LogP contribution >= 0.6 is 11.6 Å². The molecule has 1 aliphatic carbocycles. The van der Waals surface area contributed by atoms with Crippen LogP contribution in [0.25, 0.3) is 0 Å². The fraction of sp³-hybridized carbons (Fsp3) is 0.357. The third-order valence-electron chi connectivity index (χ3n) is 6.54. The predicted molar refractivity (Wildman–Crippen MR) is 148 cm³/mol. The van der Waals surface area contributed by atoms with E-state index in [9.17, 15) is 21.8 Å². The van der Waals surface area contributed by atoms with Crippen LogP contribution in [0.1, 0.15) is 44.1 Å². The number of hydrogen-bond acceptors (Lipinski definition) is 4. The van der Waals surface area contributed by atoms with E-state index in [4.69, 9.17) is 16.3 Å². The van der Waals surface area contributed by atoms with Gasteiger partial charge in [-0.2, -0.15) is 0 Å². The van der Waals surface area contributed by atoms with Gasteiger partial charge in [-0.15, -0.1) is 0 Å². The summed E-state index contributed by atoms with van der Waals surface area (Å²) in [6.45, 7) is 0.00322. The largest absolute Gasteiger partial charge is 0.616 e. The second kappa shape index (κ2) is 13.2. The third-order valence-corrected chi connectivity index (χ3v) is 10.5. The molecule has 1 fully saturated rings. The summed E-state index contributed by atoms with van der Waals surface area (Å²) in [4.78, 5) is -0.117. The van der Waals surface area contributed by atoms with Crippen LogP contribution in [0.15, 0.2) is 71.6 Å². The minimum atomic E-state index is -4.30. The quantitative estimate of drug-likeness (QED) is 0.183. The Labute approximate surface area is 231 Å². The van der Waals surface area contributed by atoms with Gasteiger partial charge in [-0.1, -0.05) is 47.4 Å². The van der Waals surface area contributed by atoms with E-state index in [0.29, 0.717) is 35.1 Å². The van der Waals surface area contributed by atoms with E-state index < -0.39 is 38.5 Å². The lowest BCUT2D eigenvalue weighted by molar-refractivity contribution is 0.314. The van der Waals surface area contributed by atoms with Gasteiger partial charge in [0.05, 0.1) is 23.7 Å². The topological polar surface area (TPSA) is 69.7 Å². The minimum absolute atomic E-state index is 0.117. The second-order valence-corrected chi connectivity index (χ2v) is 13.4. The summed E-state index contributed by atoms with van der Waals surface area (Å²) in [5.41, 5.74) is 0.0553. The number of ether oxygens (including phenoxy) is 1. The average molecular weight is 582 g/mol. The van der Waals surface area contributed by atoms with Gasteiger partial charge in [0.15, 0.2) is 0 Å². The van der Waals surface area contributed by atoms with Crippen molar-refractivity contribution in [2.75, 3.05) is 16.7 Å². The molecule has 0 N–H and O–H groups in total. The summed E-state index contributed by atoms with van der Waals surface area (Å²) in [5, 5.41) is 0.597. The van der Waals surface area contributed by atoms with Crippen LogP contribution in [-0.4, -0.2) is 30.6 Å². The van der Waals surface area contributed by atoms with Gasteiger partial charge in [0.25, 0.3) is 10.0 Å². The van der Waals surface area contributed by atoms with Crippen LogP contribution in [0, 0.1) is 11.6 Å². The van der Waals surface area contributed by atoms with Crippen molar-refractivity contribution < 1.29 is 26.5 Å². The second-order valence-electron chi connectivity index (χ2n) is 9.22. The molecule has 4 rings (SSSR count). The first-order chi connectivity index (χ1) is 18.3. The molecule has 0 bridgehead atoms. The maximum atomic E-state index is 14.9. The number of anilines is 1. The Hall–Kier alpha value is -2.33. The van der Waals surface area contributed by atoms with Crippen LogP contribution in [0.3, 0.4) is 0 Å². The molecule has 0 saturated heterocycles. The van der Waals surface area contributed by atoms with Gasteiger partial charge in [0.1, 0.15) is 28.4 Å². The highest BCUT2D eigenvalue weighted by molar-refractivity contribution is 7.92. The Morgan fingerprint density at radius 1 is 1.00 bits per heavy atom. The van der Waals surface area contributed by atoms with Gasteiger partial charge in [0.2, 0.25) is 0 Å². The highest BCUT2D eigenvalue weighted by Gasteiger charge is 2.29. The molecule has 38 heavy (non-hydrogen) atoms. The number of halogens is 3. The van der Waals surface area contributed by atoms with E-state index in [0.717, 1.165) is 48.2 Å². The first-order valence-corrected chi connectivity index (χ1v) is 15.8. The molecule has 0 aromatic heterocycles. The molecule has 5 nitrogen and oxygen atoms in total. The monoisotopic (exact) mass is 581 g/mol. The standard InChI is InChI=1S/C28H30ClF2NO4S2/c29-22-11-14-25(15-12-22)38(34,35)32(27-19-23(30)13-16-26(27)31)20-21-7-4-5-10-28(21)36-17-6-18-37(33)24-8-2-1-3-9-24/h4-5,7,10-16,19,24H,1-3,6,8-9,17-18,20H2. The smallest absolute Gasteiger partial charge is 0.264 e. The SMILES string of the molecule is O=S(=O)(c1ccc(Cl)cc1)N(Cc1ccccc1OCCC[S+]([O-])C1CCCCC1)c1cc(F)ccc1F. The van der Waals surface area contributed by atoms with Gasteiger partial charge in [-0.3, -0.25) is 4.31 Å². The van der Waals surface area contributed by atoms with Crippen molar-refractivity contribution in [3.05, 3.63) is 89.0 Å². The van der Waals surface area contributed by atoms with Gasteiger partial charge in [-0.25, -0.2) is 17.2 Å². The number of para-hydroxylation sites is 1. The highest BCUT2D eigenvalue weighted by atomic mass is 35.5. The fourth-order valence-electron chi connectivity index (χ4n) is 4.52. The molecule has 0 spiro atoms. The molecular formula is C28H30ClF2NO4S2. The lowest BCUT2D eigenvalue weighted by atomic mass is 10.0. The first kappa shape index (κ1) is 28.7. The van der Waals surface area contributed by atoms with Crippen molar-refractivity contribution >= 4 is 38.5 Å². The van der Waals surface area contributed by atoms with Crippen molar-refractivity contribution in [3.63, 3.8) is 0 Å². The van der Waals surface area contributed by atoms with Gasteiger partial charge < -0.3 is 9.29 Å². The normalized spacial score (nSPS) is 15.3. The molecule has 0 amide bonds. The molecule has 3 aromatic carbocycles. The van der Waals surface area contributed by atoms with Gasteiger partial charge in [0, 0.05) is 23.1 Å². The number of benzene rings is 3. The summed E-state index contributed by atoms with van der Waals surface area (Å²) < 4.78 is 75.6. The summed E-state index contributed by atoms with van der Waals surface area (Å²) in [7, 11) is -4.30. The van der Waals surface area contributed by atoms with E-state index in [2.05, 4.69) is 0 Å². The van der Waals surface area contributed by atoms with Crippen molar-refractivity contribution in [1.82, 2.24) is 0 Å². The van der Waals surface area contributed by atoms with Crippen LogP contribution in [0.5, 0.6) is 5.75 Å². The Kier molecular flexibility index (Phi) is 9.92. The van der Waals surface area contributed by atoms with Crippen molar-refractivity contribution in [2.45, 2.75) is 55.2 Å². The predicted octanol–water partition coefficient (Wildman–Crippen LogP) is 6.86. The van der Waals surface area contributed by atoms with E-state index in [1.807, 2.05) is 0 Å².